The normalized spacial score (nSPS) is 13.8. The molecule has 1 unspecified atom stereocenters. The van der Waals surface area contributed by atoms with Crippen molar-refractivity contribution >= 4 is 30.3 Å². The van der Waals surface area contributed by atoms with Gasteiger partial charge < -0.3 is 18.6 Å². The Bertz CT molecular complexity index is 1610. The van der Waals surface area contributed by atoms with Crippen LogP contribution in [0.15, 0.2) is 84.9 Å². The minimum absolute atomic E-state index is 0. The van der Waals surface area contributed by atoms with Crippen molar-refractivity contribution in [2.75, 3.05) is 12.0 Å². The van der Waals surface area contributed by atoms with Crippen molar-refractivity contribution in [1.82, 2.24) is 0 Å². The molecule has 0 heterocycles. The first-order valence-corrected chi connectivity index (χ1v) is 21.5. The summed E-state index contributed by atoms with van der Waals surface area (Å²) in [4.78, 5) is 0. The maximum absolute atomic E-state index is 9.19. The molecule has 0 saturated heterocycles. The van der Waals surface area contributed by atoms with E-state index in [0.29, 0.717) is 24.0 Å². The fourth-order valence-electron chi connectivity index (χ4n) is 6.09. The summed E-state index contributed by atoms with van der Waals surface area (Å²) in [6, 6.07) is 32.3. The Hall–Kier alpha value is -2.32. The first-order valence-electron chi connectivity index (χ1n) is 19.1. The average Bonchev–Trinajstić information content (AvgIpc) is 3.13. The van der Waals surface area contributed by atoms with Crippen molar-refractivity contribution < 1.29 is 33.4 Å². The van der Waals surface area contributed by atoms with Crippen molar-refractivity contribution in [3.63, 3.8) is 0 Å². The molecule has 4 aromatic carbocycles. The summed E-state index contributed by atoms with van der Waals surface area (Å²) in [5.74, 6) is 1.61. The molecule has 3 N–H and O–H groups in total. The van der Waals surface area contributed by atoms with Gasteiger partial charge in [0.25, 0.3) is 10.1 Å². The molecule has 2 fully saturated rings. The predicted octanol–water partition coefficient (Wildman–Crippen LogP) is 12.8. The van der Waals surface area contributed by atoms with Gasteiger partial charge in [0.1, 0.15) is 0 Å². The van der Waals surface area contributed by atoms with Crippen LogP contribution in [0.1, 0.15) is 140 Å². The van der Waals surface area contributed by atoms with Gasteiger partial charge in [-0.1, -0.05) is 140 Å². The van der Waals surface area contributed by atoms with E-state index in [4.69, 9.17) is 10.3 Å². The van der Waals surface area contributed by atoms with E-state index in [2.05, 4.69) is 106 Å². The minimum Gasteiger partial charge on any atom is -0.406 e. The van der Waals surface area contributed by atoms with Crippen molar-refractivity contribution in [1.29, 1.82) is 0 Å². The largest absolute Gasteiger partial charge is 0.406 e. The third-order valence-corrected chi connectivity index (χ3v) is 9.46. The molecule has 2 aliphatic rings. The van der Waals surface area contributed by atoms with Crippen LogP contribution in [0.4, 0.5) is 5.69 Å². The van der Waals surface area contributed by atoms with Gasteiger partial charge in [0.2, 0.25) is 0 Å². The summed E-state index contributed by atoms with van der Waals surface area (Å²) in [5.41, 5.74) is 15.9. The van der Waals surface area contributed by atoms with E-state index in [1.54, 1.807) is 0 Å². The molecule has 4 aromatic rings. The summed E-state index contributed by atoms with van der Waals surface area (Å²) < 4.78 is 25.9. The Morgan fingerprint density at radius 3 is 1.45 bits per heavy atom. The van der Waals surface area contributed by atoms with Crippen LogP contribution in [0.3, 0.4) is 0 Å². The van der Waals surface area contributed by atoms with Gasteiger partial charge in [0.15, 0.2) is 0 Å². The van der Waals surface area contributed by atoms with E-state index in [1.165, 1.54) is 97.3 Å². The number of hydrogen-bond donors (Lipinski definition) is 2. The standard InChI is InChI=1S/C21H29P.C12H10N.2C6H11.CH4O3S.Pd/c1-13(2)16-11-18(14(3)4)21(19(12-16)15(5)6)17-9-7-8-10-20(17)22;13-12-9-5-4-8-11(12)10-6-2-1-3-7-10;2*1-2-4-6-5-3-1;1-5(2,3)4;/h7-15H,22H2,1-6H3;1-6,8-9H,13H2;2*1H,2-6H2;1H3,(H,2,3,4);/q;3*-1;;. The Morgan fingerprint density at radius 1 is 0.679 bits per heavy atom. The molecule has 53 heavy (non-hydrogen) atoms. The van der Waals surface area contributed by atoms with E-state index in [9.17, 15) is 8.42 Å². The van der Waals surface area contributed by atoms with E-state index in [1.807, 2.05) is 48.5 Å². The SMILES string of the molecule is CC(C)c1cc(C(C)C)c(-c2ccccc2P)c(C(C)C)c1.CS(=O)(=O)O.Nc1ccccc1-c1[c-]cccc1.[CH-]1CCCCC1.[CH-]1CCCCC1.[Pd]. The summed E-state index contributed by atoms with van der Waals surface area (Å²) in [7, 11) is -0.767. The van der Waals surface area contributed by atoms with Gasteiger partial charge in [-0.05, 0) is 62.6 Å². The second-order valence-corrected chi connectivity index (χ2v) is 16.7. The van der Waals surface area contributed by atoms with Crippen molar-refractivity contribution in [2.45, 2.75) is 124 Å². The fraction of sp³-hybridized carbons (Fsp3) is 0.435. The molecule has 0 aromatic heterocycles. The zero-order valence-corrected chi connectivity index (χ0v) is 36.7. The maximum Gasteiger partial charge on any atom is 0.261 e. The van der Waals surface area contributed by atoms with Crippen LogP contribution in [0.5, 0.6) is 0 Å². The monoisotopic (exact) mass is 848 g/mol. The summed E-state index contributed by atoms with van der Waals surface area (Å²) in [6.07, 6.45) is 19.7. The first kappa shape index (κ1) is 48.7. The molecule has 7 heteroatoms. The van der Waals surface area contributed by atoms with E-state index in [0.717, 1.165) is 16.8 Å². The van der Waals surface area contributed by atoms with Gasteiger partial charge in [-0.25, -0.2) is 0 Å². The van der Waals surface area contributed by atoms with Gasteiger partial charge >= 0.3 is 0 Å². The number of benzene rings is 4. The van der Waals surface area contributed by atoms with Crippen LogP contribution in [-0.4, -0.2) is 19.2 Å². The zero-order chi connectivity index (χ0) is 38.5. The molecule has 0 amide bonds. The molecule has 0 bridgehead atoms. The van der Waals surface area contributed by atoms with Crippen LogP contribution in [-0.2, 0) is 30.5 Å². The molecule has 0 aliphatic heterocycles. The van der Waals surface area contributed by atoms with Crippen LogP contribution in [0, 0.1) is 18.9 Å². The number of hydrogen-bond acceptors (Lipinski definition) is 3. The number of anilines is 1. The molecule has 4 nitrogen and oxygen atoms in total. The molecule has 0 spiro atoms. The van der Waals surface area contributed by atoms with Crippen LogP contribution in [0.2, 0.25) is 0 Å². The van der Waals surface area contributed by atoms with Gasteiger partial charge in [-0.3, -0.25) is 4.55 Å². The van der Waals surface area contributed by atoms with Crippen molar-refractivity contribution in [2.24, 2.45) is 0 Å². The Morgan fingerprint density at radius 2 is 1.11 bits per heavy atom. The van der Waals surface area contributed by atoms with E-state index in [-0.39, 0.29) is 20.4 Å². The predicted molar refractivity (Wildman–Crippen MR) is 231 cm³/mol. The molecule has 2 saturated carbocycles. The van der Waals surface area contributed by atoms with Crippen LogP contribution in [0.25, 0.3) is 22.3 Å². The second-order valence-electron chi connectivity index (χ2n) is 14.6. The first-order chi connectivity index (χ1) is 24.7. The molecule has 0 radical (unpaired) electrons. The Balaban J connectivity index is 0.000000379. The molecular weight excluding hydrogens is 784 g/mol. The van der Waals surface area contributed by atoms with Crippen molar-refractivity contribution in [3.05, 3.63) is 121 Å². The molecule has 1 atom stereocenters. The van der Waals surface area contributed by atoms with Crippen molar-refractivity contribution in [3.8, 4) is 22.3 Å². The van der Waals surface area contributed by atoms with Gasteiger partial charge in [-0.15, -0.1) is 45.1 Å². The van der Waals surface area contributed by atoms with E-state index < -0.39 is 10.1 Å². The molecule has 2 aliphatic carbocycles. The number of rotatable bonds is 5. The number of para-hydroxylation sites is 1. The number of nitrogen functional groups attached to an aromatic ring is 1. The van der Waals surface area contributed by atoms with Gasteiger partial charge in [0.05, 0.1) is 6.26 Å². The molecule has 6 rings (SSSR count). The quantitative estimate of drug-likeness (QED) is 0.0689. The summed E-state index contributed by atoms with van der Waals surface area (Å²) >= 11 is 0. The Labute approximate surface area is 340 Å². The van der Waals surface area contributed by atoms with Gasteiger partial charge in [0, 0.05) is 20.4 Å². The fourth-order valence-corrected chi connectivity index (χ4v) is 6.44. The Kier molecular flexibility index (Phi) is 24.3. The van der Waals surface area contributed by atoms with Crippen LogP contribution < -0.4 is 11.0 Å². The second kappa shape index (κ2) is 26.5. The summed E-state index contributed by atoms with van der Waals surface area (Å²) in [6.45, 7) is 13.8. The molecular formula is C46H65NO3PPdS-3. The maximum atomic E-state index is 9.19. The third-order valence-electron chi connectivity index (χ3n) is 8.96. The van der Waals surface area contributed by atoms with Crippen LogP contribution >= 0.6 is 9.24 Å². The smallest absolute Gasteiger partial charge is 0.261 e. The average molecular weight is 849 g/mol. The summed E-state index contributed by atoms with van der Waals surface area (Å²) in [5, 5.41) is 1.28. The minimum atomic E-state index is -3.67. The third kappa shape index (κ3) is 19.7. The van der Waals surface area contributed by atoms with E-state index >= 15 is 0 Å². The zero-order valence-electron chi connectivity index (χ0n) is 33.2. The van der Waals surface area contributed by atoms with Gasteiger partial charge in [-0.2, -0.15) is 34.1 Å². The topological polar surface area (TPSA) is 80.4 Å². The number of nitrogens with two attached hydrogens (primary N) is 1. The molecule has 296 valence electrons.